The minimum atomic E-state index is -0.364. The van der Waals surface area contributed by atoms with Gasteiger partial charge < -0.3 is 8.85 Å². The lowest BCUT2D eigenvalue weighted by molar-refractivity contribution is 0.0472. The van der Waals surface area contributed by atoms with Gasteiger partial charge in [0.25, 0.3) is 0 Å². The standard InChI is InChI=1S/C21H48O2Si2/c1-7-14-20(11-5,15-8-2)22-24-18-13-19-25-23-21(12-6,16-9-3)17-10-4/h7-19,24-25H2,1-6H3. The highest BCUT2D eigenvalue weighted by Crippen LogP contribution is 2.29. The Bertz CT molecular complexity index is 258. The molecule has 0 bridgehead atoms. The van der Waals surface area contributed by atoms with E-state index in [4.69, 9.17) is 8.85 Å². The Morgan fingerprint density at radius 2 is 0.880 bits per heavy atom. The quantitative estimate of drug-likeness (QED) is 0.214. The van der Waals surface area contributed by atoms with Crippen molar-refractivity contribution in [2.24, 2.45) is 0 Å². The van der Waals surface area contributed by atoms with Crippen molar-refractivity contribution in [1.82, 2.24) is 0 Å². The second-order valence-electron chi connectivity index (χ2n) is 7.83. The fraction of sp³-hybridized carbons (Fsp3) is 1.00. The van der Waals surface area contributed by atoms with Crippen molar-refractivity contribution in [2.75, 3.05) is 0 Å². The van der Waals surface area contributed by atoms with Crippen molar-refractivity contribution >= 4 is 19.5 Å². The van der Waals surface area contributed by atoms with Crippen LogP contribution in [0.25, 0.3) is 0 Å². The molecule has 0 amide bonds. The third-order valence-electron chi connectivity index (χ3n) is 5.72. The molecule has 0 fully saturated rings. The van der Waals surface area contributed by atoms with Gasteiger partial charge in [0, 0.05) is 0 Å². The summed E-state index contributed by atoms with van der Waals surface area (Å²) in [6.07, 6.45) is 13.7. The van der Waals surface area contributed by atoms with Gasteiger partial charge in [-0.25, -0.2) is 0 Å². The van der Waals surface area contributed by atoms with E-state index < -0.39 is 0 Å². The second kappa shape index (κ2) is 15.4. The summed E-state index contributed by atoms with van der Waals surface area (Å²) in [6.45, 7) is 13.8. The lowest BCUT2D eigenvalue weighted by atomic mass is 9.90. The summed E-state index contributed by atoms with van der Waals surface area (Å²) in [6, 6.07) is 2.68. The van der Waals surface area contributed by atoms with E-state index in [1.807, 2.05) is 0 Å². The Hall–Kier alpha value is 0.354. The Balaban J connectivity index is 4.07. The molecule has 0 aromatic rings. The Morgan fingerprint density at radius 1 is 0.560 bits per heavy atom. The summed E-state index contributed by atoms with van der Waals surface area (Å²) >= 11 is 0. The third kappa shape index (κ3) is 10.3. The van der Waals surface area contributed by atoms with Crippen LogP contribution in [0, 0.1) is 0 Å². The molecule has 0 unspecified atom stereocenters. The molecule has 0 saturated heterocycles. The monoisotopic (exact) mass is 388 g/mol. The fourth-order valence-corrected chi connectivity index (χ4v) is 8.19. The molecule has 0 aliphatic heterocycles. The predicted octanol–water partition coefficient (Wildman–Crippen LogP) is 5.91. The van der Waals surface area contributed by atoms with Crippen LogP contribution >= 0.6 is 0 Å². The first kappa shape index (κ1) is 25.4. The molecule has 0 radical (unpaired) electrons. The summed E-state index contributed by atoms with van der Waals surface area (Å²) < 4.78 is 13.0. The number of hydrogen-bond donors (Lipinski definition) is 0. The Labute approximate surface area is 164 Å². The van der Waals surface area contributed by atoms with Gasteiger partial charge in [-0.3, -0.25) is 0 Å². The highest BCUT2D eigenvalue weighted by molar-refractivity contribution is 6.29. The van der Waals surface area contributed by atoms with E-state index in [9.17, 15) is 0 Å². The molecule has 0 aliphatic rings. The van der Waals surface area contributed by atoms with Crippen LogP contribution in [0.4, 0.5) is 0 Å². The van der Waals surface area contributed by atoms with E-state index >= 15 is 0 Å². The average Bonchev–Trinajstić information content (AvgIpc) is 2.61. The zero-order chi connectivity index (χ0) is 19.0. The lowest BCUT2D eigenvalue weighted by Crippen LogP contribution is -2.33. The average molecular weight is 389 g/mol. The maximum atomic E-state index is 6.52. The van der Waals surface area contributed by atoms with Gasteiger partial charge in [-0.2, -0.15) is 0 Å². The molecule has 0 heterocycles. The van der Waals surface area contributed by atoms with Gasteiger partial charge in [-0.15, -0.1) is 0 Å². The highest BCUT2D eigenvalue weighted by atomic mass is 28.2. The predicted molar refractivity (Wildman–Crippen MR) is 119 cm³/mol. The minimum Gasteiger partial charge on any atom is -0.419 e. The van der Waals surface area contributed by atoms with Crippen LogP contribution in [-0.4, -0.2) is 30.7 Å². The number of hydrogen-bond acceptors (Lipinski definition) is 2. The Kier molecular flexibility index (Phi) is 15.6. The van der Waals surface area contributed by atoms with Crippen LogP contribution in [0.3, 0.4) is 0 Å². The van der Waals surface area contributed by atoms with E-state index in [1.165, 1.54) is 82.7 Å². The molecule has 0 rings (SSSR count). The van der Waals surface area contributed by atoms with E-state index in [-0.39, 0.29) is 30.7 Å². The topological polar surface area (TPSA) is 18.5 Å². The molecule has 152 valence electrons. The summed E-state index contributed by atoms with van der Waals surface area (Å²) in [5.41, 5.74) is 0.423. The van der Waals surface area contributed by atoms with Crippen LogP contribution in [0.2, 0.25) is 12.1 Å². The molecule has 0 N–H and O–H groups in total. The van der Waals surface area contributed by atoms with Crippen molar-refractivity contribution < 1.29 is 8.85 Å². The van der Waals surface area contributed by atoms with Gasteiger partial charge in [0.05, 0.1) is 11.2 Å². The van der Waals surface area contributed by atoms with Gasteiger partial charge in [-0.05, 0) is 50.6 Å². The van der Waals surface area contributed by atoms with E-state index in [2.05, 4.69) is 41.5 Å². The molecule has 2 nitrogen and oxygen atoms in total. The van der Waals surface area contributed by atoms with Crippen LogP contribution in [-0.2, 0) is 8.85 Å². The molecule has 0 atom stereocenters. The van der Waals surface area contributed by atoms with Gasteiger partial charge in [0.1, 0.15) is 0 Å². The lowest BCUT2D eigenvalue weighted by Gasteiger charge is -2.34. The zero-order valence-electron chi connectivity index (χ0n) is 18.4. The van der Waals surface area contributed by atoms with Gasteiger partial charge in [0.15, 0.2) is 19.5 Å². The normalized spacial score (nSPS) is 13.7. The molecule has 25 heavy (non-hydrogen) atoms. The SMILES string of the molecule is CCCC(CC)(CCC)O[SiH2]CCC[SiH2]OC(CC)(CCC)CCC. The largest absolute Gasteiger partial charge is 0.419 e. The van der Waals surface area contributed by atoms with Crippen molar-refractivity contribution in [3.63, 3.8) is 0 Å². The fourth-order valence-electron chi connectivity index (χ4n) is 4.23. The van der Waals surface area contributed by atoms with E-state index in [1.54, 1.807) is 0 Å². The molecule has 0 aromatic heterocycles. The summed E-state index contributed by atoms with van der Waals surface area (Å²) in [5.74, 6) is 0. The van der Waals surface area contributed by atoms with Crippen LogP contribution < -0.4 is 0 Å². The molecule has 0 aliphatic carbocycles. The van der Waals surface area contributed by atoms with Crippen molar-refractivity contribution in [2.45, 2.75) is 135 Å². The van der Waals surface area contributed by atoms with Crippen LogP contribution in [0.1, 0.15) is 112 Å². The van der Waals surface area contributed by atoms with Gasteiger partial charge in [0.2, 0.25) is 0 Å². The maximum Gasteiger partial charge on any atom is 0.162 e. The van der Waals surface area contributed by atoms with Gasteiger partial charge in [-0.1, -0.05) is 73.6 Å². The Morgan fingerprint density at radius 3 is 1.12 bits per heavy atom. The molecule has 0 aromatic carbocycles. The van der Waals surface area contributed by atoms with Crippen LogP contribution in [0.15, 0.2) is 0 Å². The molecular weight excluding hydrogens is 340 g/mol. The summed E-state index contributed by atoms with van der Waals surface area (Å²) in [4.78, 5) is 0. The molecule has 4 heteroatoms. The summed E-state index contributed by atoms with van der Waals surface area (Å²) in [5, 5.41) is 0. The maximum absolute atomic E-state index is 6.52. The van der Waals surface area contributed by atoms with E-state index in [0.717, 1.165) is 0 Å². The first-order valence-electron chi connectivity index (χ1n) is 11.3. The van der Waals surface area contributed by atoms with Crippen molar-refractivity contribution in [3.05, 3.63) is 0 Å². The smallest absolute Gasteiger partial charge is 0.162 e. The first-order chi connectivity index (χ1) is 12.1. The van der Waals surface area contributed by atoms with E-state index in [0.29, 0.717) is 0 Å². The zero-order valence-corrected chi connectivity index (χ0v) is 21.3. The molecule has 0 saturated carbocycles. The van der Waals surface area contributed by atoms with Crippen molar-refractivity contribution in [3.8, 4) is 0 Å². The molecule has 0 spiro atoms. The number of rotatable bonds is 18. The summed E-state index contributed by atoms with van der Waals surface area (Å²) in [7, 11) is -0.729. The first-order valence-corrected chi connectivity index (χ1v) is 14.5. The molecular formula is C21H48O2Si2. The second-order valence-corrected chi connectivity index (χ2v) is 10.6. The van der Waals surface area contributed by atoms with Gasteiger partial charge >= 0.3 is 0 Å². The minimum absolute atomic E-state index is 0.212. The van der Waals surface area contributed by atoms with Crippen LogP contribution in [0.5, 0.6) is 0 Å². The third-order valence-corrected chi connectivity index (χ3v) is 8.93. The van der Waals surface area contributed by atoms with Crippen molar-refractivity contribution in [1.29, 1.82) is 0 Å². The highest BCUT2D eigenvalue weighted by Gasteiger charge is 2.27.